The minimum absolute atomic E-state index is 0.170. The van der Waals surface area contributed by atoms with Crippen molar-refractivity contribution in [3.8, 4) is 11.1 Å². The van der Waals surface area contributed by atoms with Crippen LogP contribution in [0.15, 0.2) is 73.2 Å². The SMILES string of the molecule is O=C(O)c1ccc(-c2cc(F)c3ncc(Cc4ccc5ncccc5c4)n3c2)cc1F. The van der Waals surface area contributed by atoms with Crippen LogP contribution in [0.3, 0.4) is 0 Å². The Labute approximate surface area is 175 Å². The zero-order valence-corrected chi connectivity index (χ0v) is 16.1. The molecule has 1 N–H and O–H groups in total. The van der Waals surface area contributed by atoms with Gasteiger partial charge in [-0.3, -0.25) is 4.98 Å². The highest BCUT2D eigenvalue weighted by Crippen LogP contribution is 2.26. The van der Waals surface area contributed by atoms with Gasteiger partial charge >= 0.3 is 5.97 Å². The first-order valence-corrected chi connectivity index (χ1v) is 9.52. The normalized spacial score (nSPS) is 11.3. The molecule has 0 amide bonds. The van der Waals surface area contributed by atoms with E-state index in [1.807, 2.05) is 30.3 Å². The number of aromatic carboxylic acids is 1. The van der Waals surface area contributed by atoms with E-state index in [9.17, 15) is 13.6 Å². The number of hydrogen-bond acceptors (Lipinski definition) is 3. The Morgan fingerprint density at radius 3 is 2.61 bits per heavy atom. The highest BCUT2D eigenvalue weighted by Gasteiger charge is 2.15. The average molecular weight is 415 g/mol. The topological polar surface area (TPSA) is 67.5 Å². The van der Waals surface area contributed by atoms with Crippen LogP contribution in [-0.4, -0.2) is 25.4 Å². The van der Waals surface area contributed by atoms with Crippen molar-refractivity contribution in [2.24, 2.45) is 0 Å². The summed E-state index contributed by atoms with van der Waals surface area (Å²) in [5.74, 6) is -2.77. The van der Waals surface area contributed by atoms with E-state index >= 15 is 0 Å². The molecule has 0 unspecified atom stereocenters. The first kappa shape index (κ1) is 18.9. The first-order chi connectivity index (χ1) is 15.0. The molecule has 5 aromatic rings. The smallest absolute Gasteiger partial charge is 0.338 e. The molecular weight excluding hydrogens is 400 g/mol. The van der Waals surface area contributed by atoms with Crippen LogP contribution < -0.4 is 0 Å². The van der Waals surface area contributed by atoms with Crippen LogP contribution >= 0.6 is 0 Å². The molecule has 2 aromatic carbocycles. The molecule has 0 spiro atoms. The number of aromatic nitrogens is 3. The molecule has 5 rings (SSSR count). The quantitative estimate of drug-likeness (QED) is 0.443. The minimum atomic E-state index is -1.35. The monoisotopic (exact) mass is 415 g/mol. The van der Waals surface area contributed by atoms with Gasteiger partial charge in [0.05, 0.1) is 11.1 Å². The summed E-state index contributed by atoms with van der Waals surface area (Å²) in [6, 6.07) is 14.8. The van der Waals surface area contributed by atoms with E-state index in [-0.39, 0.29) is 5.65 Å². The van der Waals surface area contributed by atoms with Crippen molar-refractivity contribution >= 4 is 22.5 Å². The van der Waals surface area contributed by atoms with Crippen molar-refractivity contribution in [3.05, 3.63) is 102 Å². The van der Waals surface area contributed by atoms with Gasteiger partial charge in [-0.2, -0.15) is 0 Å². The van der Waals surface area contributed by atoms with E-state index < -0.39 is 23.2 Å². The van der Waals surface area contributed by atoms with Gasteiger partial charge in [0.2, 0.25) is 0 Å². The Morgan fingerprint density at radius 2 is 1.81 bits per heavy atom. The van der Waals surface area contributed by atoms with Crippen molar-refractivity contribution in [1.29, 1.82) is 0 Å². The molecule has 0 radical (unpaired) electrons. The van der Waals surface area contributed by atoms with E-state index in [1.54, 1.807) is 23.0 Å². The fraction of sp³-hybridized carbons (Fsp3) is 0.0417. The average Bonchev–Trinajstić information content (AvgIpc) is 3.16. The number of halogens is 2. The van der Waals surface area contributed by atoms with E-state index in [4.69, 9.17) is 5.11 Å². The molecule has 3 heterocycles. The highest BCUT2D eigenvalue weighted by molar-refractivity contribution is 5.88. The third kappa shape index (κ3) is 3.40. The van der Waals surface area contributed by atoms with E-state index in [1.165, 1.54) is 18.2 Å². The van der Waals surface area contributed by atoms with Gasteiger partial charge in [0.25, 0.3) is 0 Å². The zero-order chi connectivity index (χ0) is 21.5. The number of pyridine rings is 2. The minimum Gasteiger partial charge on any atom is -0.478 e. The van der Waals surface area contributed by atoms with Gasteiger partial charge in [-0.1, -0.05) is 18.2 Å². The van der Waals surface area contributed by atoms with Crippen LogP contribution in [0.25, 0.3) is 27.7 Å². The number of carbonyl (C=O) groups is 1. The van der Waals surface area contributed by atoms with E-state index in [0.29, 0.717) is 17.5 Å². The van der Waals surface area contributed by atoms with Crippen LogP contribution in [0.1, 0.15) is 21.6 Å². The van der Waals surface area contributed by atoms with Crippen LogP contribution in [0.4, 0.5) is 8.78 Å². The van der Waals surface area contributed by atoms with Crippen LogP contribution in [0.5, 0.6) is 0 Å². The third-order valence-corrected chi connectivity index (χ3v) is 5.22. The summed E-state index contributed by atoms with van der Waals surface area (Å²) >= 11 is 0. The van der Waals surface area contributed by atoms with Gasteiger partial charge in [0, 0.05) is 41.7 Å². The summed E-state index contributed by atoms with van der Waals surface area (Å²) in [5.41, 5.74) is 3.21. The fourth-order valence-electron chi connectivity index (χ4n) is 3.70. The Kier molecular flexibility index (Phi) is 4.43. The van der Waals surface area contributed by atoms with Gasteiger partial charge in [-0.05, 0) is 47.5 Å². The number of imidazole rings is 1. The molecule has 152 valence electrons. The standard InChI is InChI=1S/C24H15F2N3O2/c25-20-10-15(4-5-19(20)24(30)31)17-11-21(26)23-28-12-18(29(23)13-17)9-14-3-6-22-16(8-14)2-1-7-27-22/h1-8,10-13H,9H2,(H,30,31). The molecule has 0 saturated heterocycles. The predicted molar refractivity (Wildman–Crippen MR) is 112 cm³/mol. The summed E-state index contributed by atoms with van der Waals surface area (Å²) in [4.78, 5) is 19.6. The maximum absolute atomic E-state index is 14.7. The van der Waals surface area contributed by atoms with Crippen LogP contribution in [0.2, 0.25) is 0 Å². The molecule has 31 heavy (non-hydrogen) atoms. The lowest BCUT2D eigenvalue weighted by atomic mass is 10.0. The highest BCUT2D eigenvalue weighted by atomic mass is 19.1. The molecule has 3 aromatic heterocycles. The summed E-state index contributed by atoms with van der Waals surface area (Å²) in [7, 11) is 0. The van der Waals surface area contributed by atoms with E-state index in [0.717, 1.165) is 28.2 Å². The lowest BCUT2D eigenvalue weighted by Crippen LogP contribution is -2.01. The molecule has 0 fully saturated rings. The van der Waals surface area contributed by atoms with Gasteiger partial charge in [0.15, 0.2) is 11.5 Å². The van der Waals surface area contributed by atoms with Gasteiger partial charge < -0.3 is 9.51 Å². The predicted octanol–water partition coefficient (Wildman–Crippen LogP) is 5.12. The summed E-state index contributed by atoms with van der Waals surface area (Å²) < 4.78 is 30.5. The molecular formula is C24H15F2N3O2. The van der Waals surface area contributed by atoms with Gasteiger partial charge in [-0.25, -0.2) is 18.6 Å². The number of fused-ring (bicyclic) bond motifs is 2. The number of carboxylic acid groups (broad SMARTS) is 1. The second kappa shape index (κ2) is 7.28. The number of hydrogen-bond donors (Lipinski definition) is 1. The molecule has 0 atom stereocenters. The second-order valence-corrected chi connectivity index (χ2v) is 7.23. The van der Waals surface area contributed by atoms with Gasteiger partial charge in [0.1, 0.15) is 5.82 Å². The molecule has 0 aliphatic heterocycles. The van der Waals surface area contributed by atoms with Crippen molar-refractivity contribution < 1.29 is 18.7 Å². The Hall–Kier alpha value is -4.13. The number of benzene rings is 2. The lowest BCUT2D eigenvalue weighted by Gasteiger charge is -2.08. The largest absolute Gasteiger partial charge is 0.478 e. The first-order valence-electron chi connectivity index (χ1n) is 9.52. The maximum Gasteiger partial charge on any atom is 0.338 e. The Morgan fingerprint density at radius 1 is 0.968 bits per heavy atom. The molecule has 0 aliphatic rings. The number of carboxylic acids is 1. The van der Waals surface area contributed by atoms with Crippen molar-refractivity contribution in [2.75, 3.05) is 0 Å². The number of rotatable bonds is 4. The van der Waals surface area contributed by atoms with Crippen LogP contribution in [0, 0.1) is 11.6 Å². The molecule has 0 aliphatic carbocycles. The lowest BCUT2D eigenvalue weighted by molar-refractivity contribution is 0.0692. The third-order valence-electron chi connectivity index (χ3n) is 5.22. The summed E-state index contributed by atoms with van der Waals surface area (Å²) in [5, 5.41) is 10.0. The Bertz CT molecular complexity index is 1480. The fourth-order valence-corrected chi connectivity index (χ4v) is 3.70. The molecule has 5 nitrogen and oxygen atoms in total. The molecule has 0 bridgehead atoms. The molecule has 0 saturated carbocycles. The Balaban J connectivity index is 1.56. The van der Waals surface area contributed by atoms with Crippen molar-refractivity contribution in [2.45, 2.75) is 6.42 Å². The summed E-state index contributed by atoms with van der Waals surface area (Å²) in [6.07, 6.45) is 5.55. The van der Waals surface area contributed by atoms with Gasteiger partial charge in [-0.15, -0.1) is 0 Å². The zero-order valence-electron chi connectivity index (χ0n) is 16.1. The summed E-state index contributed by atoms with van der Waals surface area (Å²) in [6.45, 7) is 0. The van der Waals surface area contributed by atoms with E-state index in [2.05, 4.69) is 9.97 Å². The number of nitrogens with zero attached hydrogens (tertiary/aromatic N) is 3. The van der Waals surface area contributed by atoms with Crippen LogP contribution in [-0.2, 0) is 6.42 Å². The molecule has 7 heteroatoms. The van der Waals surface area contributed by atoms with Crippen molar-refractivity contribution in [3.63, 3.8) is 0 Å². The van der Waals surface area contributed by atoms with Crippen molar-refractivity contribution in [1.82, 2.24) is 14.4 Å². The second-order valence-electron chi connectivity index (χ2n) is 7.23. The maximum atomic E-state index is 14.7.